The van der Waals surface area contributed by atoms with Crippen LogP contribution in [0.5, 0.6) is 0 Å². The second kappa shape index (κ2) is 5.35. The maximum Gasteiger partial charge on any atom is 0.307 e. The smallest absolute Gasteiger partial charge is 0.307 e. The van der Waals surface area contributed by atoms with E-state index in [0.717, 1.165) is 11.5 Å². The fourth-order valence-corrected chi connectivity index (χ4v) is 3.01. The van der Waals surface area contributed by atoms with Crippen molar-refractivity contribution in [1.29, 1.82) is 0 Å². The van der Waals surface area contributed by atoms with E-state index in [0.29, 0.717) is 5.92 Å². The molecule has 0 spiro atoms. The molecule has 0 aliphatic heterocycles. The molecule has 2 rings (SSSR count). The average molecular weight is 232 g/mol. The highest BCUT2D eigenvalue weighted by Crippen LogP contribution is 2.38. The van der Waals surface area contributed by atoms with Crippen molar-refractivity contribution in [3.05, 3.63) is 35.4 Å². The van der Waals surface area contributed by atoms with Crippen molar-refractivity contribution in [1.82, 2.24) is 0 Å². The second-order valence-electron chi connectivity index (χ2n) is 5.10. The van der Waals surface area contributed by atoms with Gasteiger partial charge in [0.1, 0.15) is 0 Å². The van der Waals surface area contributed by atoms with Crippen LogP contribution in [0.3, 0.4) is 0 Å². The van der Waals surface area contributed by atoms with Gasteiger partial charge >= 0.3 is 5.97 Å². The predicted octanol–water partition coefficient (Wildman–Crippen LogP) is 3.61. The zero-order valence-corrected chi connectivity index (χ0v) is 10.4. The summed E-state index contributed by atoms with van der Waals surface area (Å²) in [5, 5.41) is 8.94. The van der Waals surface area contributed by atoms with Crippen molar-refractivity contribution in [3.8, 4) is 0 Å². The molecule has 1 saturated carbocycles. The number of carboxylic acids is 1. The average Bonchev–Trinajstić information content (AvgIpc) is 2.81. The first-order valence-corrected chi connectivity index (χ1v) is 6.48. The molecule has 0 radical (unpaired) electrons. The van der Waals surface area contributed by atoms with E-state index in [2.05, 4.69) is 13.0 Å². The topological polar surface area (TPSA) is 37.3 Å². The van der Waals surface area contributed by atoms with E-state index in [-0.39, 0.29) is 6.42 Å². The van der Waals surface area contributed by atoms with Crippen molar-refractivity contribution >= 4 is 5.97 Å². The quantitative estimate of drug-likeness (QED) is 0.861. The molecule has 2 nitrogen and oxygen atoms in total. The van der Waals surface area contributed by atoms with Gasteiger partial charge < -0.3 is 5.11 Å². The van der Waals surface area contributed by atoms with Gasteiger partial charge in [0.15, 0.2) is 0 Å². The molecule has 1 aromatic carbocycles. The minimum atomic E-state index is -0.740. The first-order valence-electron chi connectivity index (χ1n) is 6.48. The molecule has 1 aliphatic carbocycles. The maximum absolute atomic E-state index is 10.9. The van der Waals surface area contributed by atoms with Crippen LogP contribution < -0.4 is 0 Å². The summed E-state index contributed by atoms with van der Waals surface area (Å²) in [6, 6.07) is 8.01. The number of aliphatic carboxylic acids is 1. The molecule has 17 heavy (non-hydrogen) atoms. The van der Waals surface area contributed by atoms with Gasteiger partial charge in [-0.1, -0.05) is 44.0 Å². The van der Waals surface area contributed by atoms with Gasteiger partial charge in [0.05, 0.1) is 6.42 Å². The Hall–Kier alpha value is -1.31. The van der Waals surface area contributed by atoms with Gasteiger partial charge in [-0.2, -0.15) is 0 Å². The van der Waals surface area contributed by atoms with Crippen molar-refractivity contribution < 1.29 is 9.90 Å². The van der Waals surface area contributed by atoms with Crippen LogP contribution in [0, 0.1) is 5.92 Å². The van der Waals surface area contributed by atoms with Crippen molar-refractivity contribution in [2.75, 3.05) is 0 Å². The van der Waals surface area contributed by atoms with Crippen LogP contribution in [0.2, 0.25) is 0 Å². The molecule has 2 heteroatoms. The molecule has 1 fully saturated rings. The van der Waals surface area contributed by atoms with Crippen LogP contribution in [0.25, 0.3) is 0 Å². The molecule has 0 heterocycles. The van der Waals surface area contributed by atoms with Gasteiger partial charge in [-0.3, -0.25) is 4.79 Å². The third kappa shape index (κ3) is 2.87. The van der Waals surface area contributed by atoms with Crippen LogP contribution in [-0.2, 0) is 11.2 Å². The van der Waals surface area contributed by atoms with Crippen LogP contribution in [0.1, 0.15) is 49.7 Å². The number of hydrogen-bond acceptors (Lipinski definition) is 1. The van der Waals surface area contributed by atoms with Crippen LogP contribution in [-0.4, -0.2) is 11.1 Å². The van der Waals surface area contributed by atoms with Crippen LogP contribution in [0.4, 0.5) is 0 Å². The molecule has 0 bridgehead atoms. The summed E-state index contributed by atoms with van der Waals surface area (Å²) in [7, 11) is 0. The Bertz CT molecular complexity index is 392. The van der Waals surface area contributed by atoms with E-state index in [1.165, 1.54) is 31.2 Å². The normalized spacial score (nSPS) is 18.2. The monoisotopic (exact) mass is 232 g/mol. The fourth-order valence-electron chi connectivity index (χ4n) is 3.01. The molecule has 0 aromatic heterocycles. The lowest BCUT2D eigenvalue weighted by atomic mass is 9.83. The summed E-state index contributed by atoms with van der Waals surface area (Å²) in [6.07, 6.45) is 5.39. The van der Waals surface area contributed by atoms with Gasteiger partial charge in [0.2, 0.25) is 0 Å². The summed E-state index contributed by atoms with van der Waals surface area (Å²) in [4.78, 5) is 10.9. The van der Waals surface area contributed by atoms with E-state index < -0.39 is 5.97 Å². The van der Waals surface area contributed by atoms with E-state index in [4.69, 9.17) is 5.11 Å². The fraction of sp³-hybridized carbons (Fsp3) is 0.533. The van der Waals surface area contributed by atoms with Gasteiger partial charge in [0, 0.05) is 0 Å². The largest absolute Gasteiger partial charge is 0.481 e. The first-order chi connectivity index (χ1) is 8.18. The van der Waals surface area contributed by atoms with E-state index >= 15 is 0 Å². The molecule has 1 aromatic rings. The summed E-state index contributed by atoms with van der Waals surface area (Å²) in [5.41, 5.74) is 2.22. The number of benzene rings is 1. The van der Waals surface area contributed by atoms with Gasteiger partial charge in [-0.25, -0.2) is 0 Å². The minimum Gasteiger partial charge on any atom is -0.481 e. The van der Waals surface area contributed by atoms with Crippen LogP contribution in [0.15, 0.2) is 24.3 Å². The molecule has 0 amide bonds. The number of carbonyl (C=O) groups is 1. The van der Waals surface area contributed by atoms with Gasteiger partial charge in [0.25, 0.3) is 0 Å². The van der Waals surface area contributed by atoms with E-state index in [1.807, 2.05) is 18.2 Å². The standard InChI is InChI=1S/C15H20O2/c1-11(12-6-2-3-7-12)14-9-5-4-8-13(14)10-15(16)17/h4-5,8-9,11-12H,2-3,6-7,10H2,1H3,(H,16,17). The number of carboxylic acid groups (broad SMARTS) is 1. The highest BCUT2D eigenvalue weighted by molar-refractivity contribution is 5.70. The molecule has 1 aliphatic rings. The molecular formula is C15H20O2. The summed E-state index contributed by atoms with van der Waals surface area (Å²) in [5.74, 6) is 0.495. The van der Waals surface area contributed by atoms with Crippen molar-refractivity contribution in [2.45, 2.75) is 44.9 Å². The Morgan fingerprint density at radius 1 is 1.35 bits per heavy atom. The number of rotatable bonds is 4. The van der Waals surface area contributed by atoms with Crippen molar-refractivity contribution in [2.24, 2.45) is 5.92 Å². The third-order valence-corrected chi connectivity index (χ3v) is 3.99. The lowest BCUT2D eigenvalue weighted by molar-refractivity contribution is -0.136. The lowest BCUT2D eigenvalue weighted by Crippen LogP contribution is -2.11. The summed E-state index contributed by atoms with van der Waals surface area (Å²) in [6.45, 7) is 2.25. The Morgan fingerprint density at radius 3 is 2.65 bits per heavy atom. The highest BCUT2D eigenvalue weighted by Gasteiger charge is 2.24. The summed E-state index contributed by atoms with van der Waals surface area (Å²) >= 11 is 0. The Kier molecular flexibility index (Phi) is 3.82. The third-order valence-electron chi connectivity index (χ3n) is 3.99. The second-order valence-corrected chi connectivity index (χ2v) is 5.10. The van der Waals surface area contributed by atoms with E-state index in [9.17, 15) is 4.79 Å². The Morgan fingerprint density at radius 2 is 2.00 bits per heavy atom. The Balaban J connectivity index is 2.20. The molecular weight excluding hydrogens is 212 g/mol. The number of hydrogen-bond donors (Lipinski definition) is 1. The highest BCUT2D eigenvalue weighted by atomic mass is 16.4. The van der Waals surface area contributed by atoms with E-state index in [1.54, 1.807) is 0 Å². The zero-order chi connectivity index (χ0) is 12.3. The van der Waals surface area contributed by atoms with Gasteiger partial charge in [-0.15, -0.1) is 0 Å². The zero-order valence-electron chi connectivity index (χ0n) is 10.4. The predicted molar refractivity (Wildman–Crippen MR) is 68.2 cm³/mol. The molecule has 92 valence electrons. The maximum atomic E-state index is 10.9. The lowest BCUT2D eigenvalue weighted by Gasteiger charge is -2.21. The molecule has 0 saturated heterocycles. The van der Waals surface area contributed by atoms with Gasteiger partial charge in [-0.05, 0) is 35.8 Å². The molecule has 1 atom stereocenters. The minimum absolute atomic E-state index is 0.146. The van der Waals surface area contributed by atoms with Crippen molar-refractivity contribution in [3.63, 3.8) is 0 Å². The SMILES string of the molecule is CC(c1ccccc1CC(=O)O)C1CCCC1. The first kappa shape index (κ1) is 12.2. The summed E-state index contributed by atoms with van der Waals surface area (Å²) < 4.78 is 0. The van der Waals surface area contributed by atoms with Crippen LogP contribution >= 0.6 is 0 Å². The molecule has 1 unspecified atom stereocenters. The molecule has 1 N–H and O–H groups in total. The Labute approximate surface area is 103 Å².